The third kappa shape index (κ3) is 1.93. The van der Waals surface area contributed by atoms with E-state index in [1.54, 1.807) is 11.8 Å². The van der Waals surface area contributed by atoms with Crippen molar-refractivity contribution in [3.63, 3.8) is 0 Å². The molecule has 3 aromatic rings. The Morgan fingerprint density at radius 3 is 2.82 bits per heavy atom. The first-order valence-electron chi connectivity index (χ1n) is 7.20. The van der Waals surface area contributed by atoms with Crippen molar-refractivity contribution in [2.75, 3.05) is 12.8 Å². The van der Waals surface area contributed by atoms with Crippen LogP contribution in [-0.2, 0) is 6.54 Å². The maximum Gasteiger partial charge on any atom is 0.253 e. The quantitative estimate of drug-likeness (QED) is 0.740. The number of hydrogen-bond donors (Lipinski definition) is 1. The molecule has 2 aromatic carbocycles. The van der Waals surface area contributed by atoms with Gasteiger partial charge in [0, 0.05) is 23.5 Å². The fraction of sp³-hybridized carbons (Fsp3) is 0.176. The van der Waals surface area contributed by atoms with Gasteiger partial charge in [0.05, 0.1) is 16.6 Å². The van der Waals surface area contributed by atoms with Crippen LogP contribution in [-0.4, -0.2) is 28.3 Å². The number of carbonyl (C=O) groups is 1. The van der Waals surface area contributed by atoms with Gasteiger partial charge in [-0.3, -0.25) is 4.79 Å². The zero-order valence-electron chi connectivity index (χ0n) is 12.2. The maximum atomic E-state index is 12.2. The largest absolute Gasteiger partial charge is 0.350 e. The first kappa shape index (κ1) is 13.4. The Hall–Kier alpha value is -2.27. The highest BCUT2D eigenvalue weighted by atomic mass is 32.2. The summed E-state index contributed by atoms with van der Waals surface area (Å²) in [4.78, 5) is 18.2. The van der Waals surface area contributed by atoms with Gasteiger partial charge in [-0.2, -0.15) is 0 Å². The van der Waals surface area contributed by atoms with Crippen LogP contribution in [0.5, 0.6) is 0 Å². The van der Waals surface area contributed by atoms with E-state index in [0.717, 1.165) is 29.0 Å². The van der Waals surface area contributed by atoms with Crippen LogP contribution >= 0.6 is 11.8 Å². The summed E-state index contributed by atoms with van der Waals surface area (Å²) >= 11 is 1.71. The number of imidazole rings is 1. The lowest BCUT2D eigenvalue weighted by Gasteiger charge is -2.10. The van der Waals surface area contributed by atoms with Gasteiger partial charge in [0.1, 0.15) is 5.82 Å². The summed E-state index contributed by atoms with van der Waals surface area (Å²) in [6.45, 7) is 1.35. The molecule has 0 radical (unpaired) electrons. The van der Waals surface area contributed by atoms with Gasteiger partial charge in [-0.15, -0.1) is 11.8 Å². The van der Waals surface area contributed by atoms with Gasteiger partial charge in [0.2, 0.25) is 0 Å². The molecule has 1 aromatic heterocycles. The fourth-order valence-electron chi connectivity index (χ4n) is 3.00. The minimum atomic E-state index is -0.0195. The minimum absolute atomic E-state index is 0.0195. The average molecular weight is 309 g/mol. The average Bonchev–Trinajstić information content (AvgIpc) is 2.84. The molecule has 1 aliphatic heterocycles. The molecule has 1 N–H and O–H groups in total. The van der Waals surface area contributed by atoms with Crippen LogP contribution in [0.3, 0.4) is 0 Å². The molecule has 0 atom stereocenters. The number of carbonyl (C=O) groups excluding carboxylic acids is 1. The Labute approximate surface area is 132 Å². The van der Waals surface area contributed by atoms with Gasteiger partial charge in [0.15, 0.2) is 0 Å². The SMILES string of the molecule is CSc1ccccc1-c1nc2cccc3c2n1CCNC3=O. The lowest BCUT2D eigenvalue weighted by Crippen LogP contribution is -2.24. The predicted octanol–water partition coefficient (Wildman–Crippen LogP) is 3.17. The van der Waals surface area contributed by atoms with Crippen molar-refractivity contribution >= 4 is 28.7 Å². The number of hydrogen-bond acceptors (Lipinski definition) is 3. The molecule has 0 bridgehead atoms. The topological polar surface area (TPSA) is 46.9 Å². The summed E-state index contributed by atoms with van der Waals surface area (Å²) in [5.74, 6) is 0.915. The molecule has 5 heteroatoms. The summed E-state index contributed by atoms with van der Waals surface area (Å²) in [6.07, 6.45) is 2.07. The van der Waals surface area contributed by atoms with Crippen LogP contribution < -0.4 is 5.32 Å². The van der Waals surface area contributed by atoms with Gasteiger partial charge in [-0.25, -0.2) is 4.98 Å². The van der Waals surface area contributed by atoms with Crippen molar-refractivity contribution in [1.29, 1.82) is 0 Å². The van der Waals surface area contributed by atoms with Crippen molar-refractivity contribution in [3.8, 4) is 11.4 Å². The Morgan fingerprint density at radius 2 is 1.95 bits per heavy atom. The van der Waals surface area contributed by atoms with Gasteiger partial charge in [-0.05, 0) is 24.5 Å². The predicted molar refractivity (Wildman–Crippen MR) is 89.3 cm³/mol. The highest BCUT2D eigenvalue weighted by Gasteiger charge is 2.22. The summed E-state index contributed by atoms with van der Waals surface area (Å²) in [6, 6.07) is 14.0. The number of para-hydroxylation sites is 1. The number of aromatic nitrogens is 2. The number of amides is 1. The van der Waals surface area contributed by atoms with Crippen molar-refractivity contribution in [3.05, 3.63) is 48.0 Å². The Kier molecular flexibility index (Phi) is 3.15. The van der Waals surface area contributed by atoms with Crippen molar-refractivity contribution in [2.24, 2.45) is 0 Å². The molecular weight excluding hydrogens is 294 g/mol. The van der Waals surface area contributed by atoms with Crippen LogP contribution in [0.25, 0.3) is 22.4 Å². The first-order chi connectivity index (χ1) is 10.8. The molecule has 4 rings (SSSR count). The number of thioether (sulfide) groups is 1. The smallest absolute Gasteiger partial charge is 0.253 e. The molecule has 1 aliphatic rings. The Bertz CT molecular complexity index is 885. The highest BCUT2D eigenvalue weighted by Crippen LogP contribution is 2.33. The number of nitrogens with zero attached hydrogens (tertiary/aromatic N) is 2. The van der Waals surface area contributed by atoms with E-state index in [1.807, 2.05) is 30.3 Å². The van der Waals surface area contributed by atoms with Gasteiger partial charge < -0.3 is 9.88 Å². The molecular formula is C17H15N3OS. The second kappa shape index (κ2) is 5.18. The van der Waals surface area contributed by atoms with E-state index in [-0.39, 0.29) is 5.91 Å². The molecule has 0 saturated carbocycles. The minimum Gasteiger partial charge on any atom is -0.350 e. The normalized spacial score (nSPS) is 14.0. The van der Waals surface area contributed by atoms with Gasteiger partial charge >= 0.3 is 0 Å². The molecule has 2 heterocycles. The molecule has 1 amide bonds. The summed E-state index contributed by atoms with van der Waals surface area (Å²) in [7, 11) is 0. The van der Waals surface area contributed by atoms with Crippen LogP contribution in [0.2, 0.25) is 0 Å². The third-order valence-electron chi connectivity index (χ3n) is 3.98. The Morgan fingerprint density at radius 1 is 1.14 bits per heavy atom. The lowest BCUT2D eigenvalue weighted by atomic mass is 10.1. The van der Waals surface area contributed by atoms with E-state index in [2.05, 4.69) is 28.3 Å². The van der Waals surface area contributed by atoms with Crippen molar-refractivity contribution < 1.29 is 4.79 Å². The van der Waals surface area contributed by atoms with Crippen molar-refractivity contribution in [2.45, 2.75) is 11.4 Å². The number of nitrogens with one attached hydrogen (secondary N) is 1. The lowest BCUT2D eigenvalue weighted by molar-refractivity contribution is 0.0956. The standard InChI is InChI=1S/C17H15N3OS/c1-22-14-8-3-2-5-11(14)16-19-13-7-4-6-12-15(13)20(16)10-9-18-17(12)21/h2-8H,9-10H2,1H3,(H,18,21). The van der Waals surface area contributed by atoms with Crippen LogP contribution in [0.1, 0.15) is 10.4 Å². The monoisotopic (exact) mass is 309 g/mol. The molecule has 0 spiro atoms. The molecule has 0 saturated heterocycles. The molecule has 0 unspecified atom stereocenters. The maximum absolute atomic E-state index is 12.2. The number of benzene rings is 2. The second-order valence-corrected chi connectivity index (χ2v) is 6.06. The van der Waals surface area contributed by atoms with Crippen LogP contribution in [0.4, 0.5) is 0 Å². The van der Waals surface area contributed by atoms with Crippen molar-refractivity contribution in [1.82, 2.24) is 14.9 Å². The summed E-state index contributed by atoms with van der Waals surface area (Å²) < 4.78 is 2.16. The van der Waals surface area contributed by atoms with E-state index in [1.165, 1.54) is 4.90 Å². The van der Waals surface area contributed by atoms with E-state index in [9.17, 15) is 4.79 Å². The molecule has 4 nitrogen and oxygen atoms in total. The van der Waals surface area contributed by atoms with E-state index >= 15 is 0 Å². The fourth-order valence-corrected chi connectivity index (χ4v) is 3.59. The van der Waals surface area contributed by atoms with Crippen LogP contribution in [0.15, 0.2) is 47.4 Å². The summed E-state index contributed by atoms with van der Waals surface area (Å²) in [5.41, 5.74) is 3.63. The van der Waals surface area contributed by atoms with Gasteiger partial charge in [-0.1, -0.05) is 24.3 Å². The highest BCUT2D eigenvalue weighted by molar-refractivity contribution is 7.98. The molecule has 110 valence electrons. The van der Waals surface area contributed by atoms with E-state index in [0.29, 0.717) is 12.1 Å². The molecule has 0 aliphatic carbocycles. The Balaban J connectivity index is 2.06. The van der Waals surface area contributed by atoms with Gasteiger partial charge in [0.25, 0.3) is 5.91 Å². The van der Waals surface area contributed by atoms with E-state index < -0.39 is 0 Å². The van der Waals surface area contributed by atoms with E-state index in [4.69, 9.17) is 4.98 Å². The second-order valence-electron chi connectivity index (χ2n) is 5.22. The third-order valence-corrected chi connectivity index (χ3v) is 4.78. The zero-order chi connectivity index (χ0) is 15.1. The molecule has 22 heavy (non-hydrogen) atoms. The number of rotatable bonds is 2. The first-order valence-corrected chi connectivity index (χ1v) is 8.43. The molecule has 0 fully saturated rings. The summed E-state index contributed by atoms with van der Waals surface area (Å²) in [5, 5.41) is 2.95. The zero-order valence-corrected chi connectivity index (χ0v) is 13.0. The van der Waals surface area contributed by atoms with Crippen LogP contribution in [0, 0.1) is 0 Å².